The molecule has 0 saturated heterocycles. The van der Waals surface area contributed by atoms with Gasteiger partial charge in [0.1, 0.15) is 16.7 Å². The maximum Gasteiger partial charge on any atom is 0.199 e. The third-order valence-electron chi connectivity index (χ3n) is 23.9. The summed E-state index contributed by atoms with van der Waals surface area (Å²) in [5.74, 6) is 0. The summed E-state index contributed by atoms with van der Waals surface area (Å²) in [5, 5.41) is 30.8. The highest BCUT2D eigenvalue weighted by Crippen LogP contribution is 2.43. The zero-order valence-corrected chi connectivity index (χ0v) is 62.1. The molecule has 0 unspecified atom stereocenters. The SMILES string of the molecule is c1ccc2cc3c(cc2c1)c1cc2ccccc2cc1n1c2ccccc2cc31.c1ccc2cc3c(cc2c1)c1cc2ccccc2nc1n1c2ccccc2cc31.c1ccc2cc3c(cc2c1)c1nc2ccccc2nc1n1c2ccccc2cc31.c1ccc2cc3c(cc2c1)c1nc2nccnc2nc1n1c2ccccc2cc31. The van der Waals surface area contributed by atoms with Crippen LogP contribution in [0.5, 0.6) is 0 Å². The summed E-state index contributed by atoms with van der Waals surface area (Å²) in [6.07, 6.45) is 3.31. The van der Waals surface area contributed by atoms with Gasteiger partial charge in [0.2, 0.25) is 0 Å². The summed E-state index contributed by atoms with van der Waals surface area (Å²) < 4.78 is 9.23. The van der Waals surface area contributed by atoms with Gasteiger partial charge in [-0.1, -0.05) is 224 Å². The molecule has 0 aliphatic carbocycles. The van der Waals surface area contributed by atoms with Gasteiger partial charge in [0, 0.05) is 82.4 Å². The molecule has 0 radical (unpaired) electrons. The van der Waals surface area contributed by atoms with Gasteiger partial charge >= 0.3 is 0 Å². The van der Waals surface area contributed by atoms with Crippen molar-refractivity contribution in [1.82, 2.24) is 52.5 Å². The molecule has 0 amide bonds. The quantitative estimate of drug-likeness (QED) is 0.110. The first-order valence-corrected chi connectivity index (χ1v) is 39.2. The number of nitrogens with zero attached hydrogens (tertiary/aromatic N) is 11. The Labute approximate surface area is 658 Å². The number of rotatable bonds is 0. The van der Waals surface area contributed by atoms with Gasteiger partial charge < -0.3 is 4.40 Å². The molecule has 116 heavy (non-hydrogen) atoms. The van der Waals surface area contributed by atoms with Crippen molar-refractivity contribution in [2.75, 3.05) is 0 Å². The molecule has 12 aromatic heterocycles. The van der Waals surface area contributed by atoms with E-state index in [1.807, 2.05) is 24.3 Å². The summed E-state index contributed by atoms with van der Waals surface area (Å²) in [6, 6.07) is 128. The number of benzene rings is 16. The summed E-state index contributed by atoms with van der Waals surface area (Å²) in [6.45, 7) is 0. The third-order valence-corrected chi connectivity index (χ3v) is 23.9. The number of pyridine rings is 5. The molecule has 0 aliphatic rings. The predicted octanol–water partition coefficient (Wildman–Crippen LogP) is 26.6. The van der Waals surface area contributed by atoms with Crippen molar-refractivity contribution in [2.45, 2.75) is 0 Å². The Kier molecular flexibility index (Phi) is 13.7. The first-order chi connectivity index (χ1) is 57.5. The minimum Gasteiger partial charge on any atom is -0.309 e. The monoisotopic (exact) mass is 1480 g/mol. The van der Waals surface area contributed by atoms with Crippen LogP contribution in [0.1, 0.15) is 0 Å². The molecule has 16 aromatic carbocycles. The van der Waals surface area contributed by atoms with Crippen LogP contribution in [0.3, 0.4) is 0 Å². The molecule has 0 fully saturated rings. The van der Waals surface area contributed by atoms with Crippen molar-refractivity contribution in [3.63, 3.8) is 0 Å². The van der Waals surface area contributed by atoms with Crippen LogP contribution in [0, 0.1) is 0 Å². The highest BCUT2D eigenvalue weighted by atomic mass is 15.1. The average Bonchev–Trinajstić information content (AvgIpc) is 1.51. The molecule has 0 atom stereocenters. The van der Waals surface area contributed by atoms with E-state index in [1.165, 1.54) is 152 Å². The van der Waals surface area contributed by atoms with Crippen LogP contribution in [0.25, 0.3) is 240 Å². The van der Waals surface area contributed by atoms with Gasteiger partial charge in [-0.2, -0.15) is 0 Å². The highest BCUT2D eigenvalue weighted by Gasteiger charge is 2.22. The van der Waals surface area contributed by atoms with E-state index in [4.69, 9.17) is 24.9 Å². The molecule has 12 heterocycles. The van der Waals surface area contributed by atoms with Gasteiger partial charge in [0.15, 0.2) is 22.6 Å². The predicted molar refractivity (Wildman–Crippen MR) is 484 cm³/mol. The standard InChI is InChI=1S/C28H17N.C27H16N2.C26H15N3.C24H13N5/c1-2-8-19-14-25-23(13-18(19)7-1)24-15-20-9-3-4-10-21(20)16-27(24)29-26-12-6-5-11-22(26)17-28(25)29;1-2-8-18-14-22-21(13-17(18)7-1)23-15-19-9-3-5-11-24(19)28-27(23)29-25-12-6-4-10-20(25)16-26(22)29;1-2-8-17-14-20-19(13-16(17)7-1)24-15-18-9-3-6-12-23(18)29(24)26-25(20)27-21-10-4-5-11-22(21)28-26;1-2-6-15-12-18-17(11-14(15)5-1)20-13-16-7-3-4-8-19(16)29(20)24-21(18)27-22-23(28-24)26-10-9-25-22/h1-17H;1-16H;1-15H;1-13H. The summed E-state index contributed by atoms with van der Waals surface area (Å²) in [4.78, 5) is 33.8. The number of hydrogen-bond donors (Lipinski definition) is 0. The Hall–Kier alpha value is -15.9. The fraction of sp³-hybridized carbons (Fsp3) is 0. The van der Waals surface area contributed by atoms with Gasteiger partial charge in [-0.3, -0.25) is 13.2 Å². The Morgan fingerprint density at radius 3 is 0.828 bits per heavy atom. The zero-order chi connectivity index (χ0) is 75.8. The van der Waals surface area contributed by atoms with Crippen molar-refractivity contribution < 1.29 is 0 Å². The Balaban J connectivity index is 0.0000000866. The topological polar surface area (TPSA) is 108 Å². The third kappa shape index (κ3) is 9.76. The molecule has 0 N–H and O–H groups in total. The van der Waals surface area contributed by atoms with Gasteiger partial charge in [0.05, 0.1) is 66.2 Å². The second-order valence-corrected chi connectivity index (χ2v) is 30.4. The first kappa shape index (κ1) is 63.9. The smallest absolute Gasteiger partial charge is 0.199 e. The normalized spacial score (nSPS) is 12.1. The van der Waals surface area contributed by atoms with Crippen LogP contribution in [0.4, 0.5) is 0 Å². The van der Waals surface area contributed by atoms with Gasteiger partial charge in [0.25, 0.3) is 0 Å². The van der Waals surface area contributed by atoms with Gasteiger partial charge in [-0.15, -0.1) is 0 Å². The first-order valence-electron chi connectivity index (χ1n) is 39.2. The molecule has 0 bridgehead atoms. The van der Waals surface area contributed by atoms with Crippen molar-refractivity contribution in [3.05, 3.63) is 370 Å². The van der Waals surface area contributed by atoms with E-state index < -0.39 is 0 Å². The molecule has 28 aromatic rings. The molecular weight excluding hydrogens is 1420 g/mol. The van der Waals surface area contributed by atoms with Crippen LogP contribution < -0.4 is 0 Å². The maximum atomic E-state index is 5.12. The van der Waals surface area contributed by atoms with Crippen molar-refractivity contribution >= 4 is 240 Å². The molecule has 0 spiro atoms. The van der Waals surface area contributed by atoms with E-state index in [0.717, 1.165) is 77.2 Å². The average molecular weight is 1480 g/mol. The Bertz CT molecular complexity index is 8090. The Morgan fingerprint density at radius 2 is 0.405 bits per heavy atom. The molecule has 11 heteroatoms. The van der Waals surface area contributed by atoms with E-state index in [-0.39, 0.29) is 0 Å². The summed E-state index contributed by atoms with van der Waals surface area (Å²) >= 11 is 0. The van der Waals surface area contributed by atoms with Crippen molar-refractivity contribution in [3.8, 4) is 0 Å². The molecule has 536 valence electrons. The minimum atomic E-state index is 0.555. The minimum absolute atomic E-state index is 0.555. The second kappa shape index (κ2) is 24.8. The van der Waals surface area contributed by atoms with E-state index in [1.54, 1.807) is 12.4 Å². The van der Waals surface area contributed by atoms with E-state index in [9.17, 15) is 0 Å². The number of fused-ring (bicyclic) bond motifs is 40. The van der Waals surface area contributed by atoms with Crippen LogP contribution in [0.15, 0.2) is 370 Å². The lowest BCUT2D eigenvalue weighted by Gasteiger charge is -2.13. The maximum absolute atomic E-state index is 5.12. The molecule has 11 nitrogen and oxygen atoms in total. The molecule has 0 saturated carbocycles. The number of aromatic nitrogens is 11. The fourth-order valence-corrected chi connectivity index (χ4v) is 18.6. The highest BCUT2D eigenvalue weighted by molar-refractivity contribution is 6.24. The van der Waals surface area contributed by atoms with E-state index in [0.29, 0.717) is 11.3 Å². The molecule has 0 aliphatic heterocycles. The summed E-state index contributed by atoms with van der Waals surface area (Å²) in [7, 11) is 0. The van der Waals surface area contributed by atoms with Crippen LogP contribution in [0.2, 0.25) is 0 Å². The van der Waals surface area contributed by atoms with E-state index >= 15 is 0 Å². The molecule has 28 rings (SSSR count). The largest absolute Gasteiger partial charge is 0.309 e. The van der Waals surface area contributed by atoms with Crippen LogP contribution in [-0.4, -0.2) is 52.5 Å². The number of para-hydroxylation sites is 7. The fourth-order valence-electron chi connectivity index (χ4n) is 18.6. The Morgan fingerprint density at radius 1 is 0.155 bits per heavy atom. The van der Waals surface area contributed by atoms with Gasteiger partial charge in [-0.25, -0.2) is 34.9 Å². The van der Waals surface area contributed by atoms with Gasteiger partial charge in [-0.05, 0) is 198 Å². The lowest BCUT2D eigenvalue weighted by Crippen LogP contribution is -1.99. The number of hydrogen-bond acceptors (Lipinski definition) is 7. The second-order valence-electron chi connectivity index (χ2n) is 30.4. The summed E-state index contributed by atoms with van der Waals surface area (Å²) in [5.41, 5.74) is 19.3. The van der Waals surface area contributed by atoms with E-state index in [2.05, 4.69) is 361 Å². The van der Waals surface area contributed by atoms with Crippen LogP contribution in [-0.2, 0) is 0 Å². The van der Waals surface area contributed by atoms with Crippen molar-refractivity contribution in [1.29, 1.82) is 0 Å². The van der Waals surface area contributed by atoms with Crippen LogP contribution >= 0.6 is 0 Å². The molecular formula is C105H61N11. The van der Waals surface area contributed by atoms with Crippen molar-refractivity contribution in [2.24, 2.45) is 0 Å². The zero-order valence-electron chi connectivity index (χ0n) is 62.1. The lowest BCUT2D eigenvalue weighted by atomic mass is 9.98. The lowest BCUT2D eigenvalue weighted by molar-refractivity contribution is 1.17.